The molecule has 1 rings (SSSR count). The van der Waals surface area contributed by atoms with Crippen LogP contribution in [0.25, 0.3) is 0 Å². The van der Waals surface area contributed by atoms with E-state index < -0.39 is 0 Å². The van der Waals surface area contributed by atoms with Crippen LogP contribution in [-0.4, -0.2) is 13.7 Å². The molecule has 0 saturated carbocycles. The Morgan fingerprint density at radius 2 is 2.00 bits per heavy atom. The topological polar surface area (TPSA) is 35.2 Å². The van der Waals surface area contributed by atoms with Crippen LogP contribution in [0.15, 0.2) is 10.5 Å². The van der Waals surface area contributed by atoms with Crippen molar-refractivity contribution in [1.82, 2.24) is 0 Å². The van der Waals surface area contributed by atoms with Crippen molar-refractivity contribution in [2.24, 2.45) is 5.73 Å². The van der Waals surface area contributed by atoms with Gasteiger partial charge in [-0.2, -0.15) is 0 Å². The second kappa shape index (κ2) is 4.80. The van der Waals surface area contributed by atoms with Crippen LogP contribution in [0.4, 0.5) is 0 Å². The van der Waals surface area contributed by atoms with Gasteiger partial charge in [0, 0.05) is 10.0 Å². The van der Waals surface area contributed by atoms with E-state index in [0.29, 0.717) is 6.54 Å². The van der Waals surface area contributed by atoms with Crippen LogP contribution in [0.5, 0.6) is 5.75 Å². The number of hydrogen-bond acceptors (Lipinski definition) is 2. The van der Waals surface area contributed by atoms with E-state index in [9.17, 15) is 0 Å². The second-order valence-electron chi connectivity index (χ2n) is 3.37. The molecule has 2 nitrogen and oxygen atoms in total. The predicted molar refractivity (Wildman–Crippen MR) is 62.9 cm³/mol. The molecule has 2 N–H and O–H groups in total. The molecule has 0 spiro atoms. The number of rotatable bonds is 3. The molecule has 0 amide bonds. The quantitative estimate of drug-likeness (QED) is 0.904. The Bertz CT molecular complexity index is 337. The Kier molecular flexibility index (Phi) is 3.96. The van der Waals surface area contributed by atoms with Crippen molar-refractivity contribution < 1.29 is 4.74 Å². The molecule has 0 atom stereocenters. The third kappa shape index (κ3) is 2.10. The van der Waals surface area contributed by atoms with Gasteiger partial charge in [-0.05, 0) is 37.9 Å². The molecular formula is C11H16BrNO. The van der Waals surface area contributed by atoms with E-state index in [1.54, 1.807) is 7.11 Å². The van der Waals surface area contributed by atoms with E-state index >= 15 is 0 Å². The summed E-state index contributed by atoms with van der Waals surface area (Å²) in [5.41, 5.74) is 9.14. The van der Waals surface area contributed by atoms with Gasteiger partial charge in [-0.1, -0.05) is 22.0 Å². The van der Waals surface area contributed by atoms with Gasteiger partial charge in [-0.25, -0.2) is 0 Å². The number of ether oxygens (including phenoxy) is 1. The molecule has 0 bridgehead atoms. The summed E-state index contributed by atoms with van der Waals surface area (Å²) in [6.07, 6.45) is 0.840. The lowest BCUT2D eigenvalue weighted by Gasteiger charge is -2.14. The maximum atomic E-state index is 5.58. The van der Waals surface area contributed by atoms with Crippen molar-refractivity contribution >= 4 is 15.9 Å². The lowest BCUT2D eigenvalue weighted by molar-refractivity contribution is 0.406. The van der Waals surface area contributed by atoms with Gasteiger partial charge in [0.05, 0.1) is 7.11 Å². The SMILES string of the molecule is COc1c(C)cc(C)c(Br)c1CCN. The molecule has 78 valence electrons. The normalized spacial score (nSPS) is 10.4. The van der Waals surface area contributed by atoms with Crippen LogP contribution >= 0.6 is 15.9 Å². The molecule has 0 heterocycles. The first-order chi connectivity index (χ1) is 6.61. The summed E-state index contributed by atoms with van der Waals surface area (Å²) in [6.45, 7) is 4.77. The van der Waals surface area contributed by atoms with Crippen LogP contribution in [0.2, 0.25) is 0 Å². The second-order valence-corrected chi connectivity index (χ2v) is 4.17. The van der Waals surface area contributed by atoms with Gasteiger partial charge < -0.3 is 10.5 Å². The largest absolute Gasteiger partial charge is 0.496 e. The van der Waals surface area contributed by atoms with Crippen LogP contribution in [0.1, 0.15) is 16.7 Å². The zero-order chi connectivity index (χ0) is 10.7. The van der Waals surface area contributed by atoms with Crippen LogP contribution in [0.3, 0.4) is 0 Å². The third-order valence-corrected chi connectivity index (χ3v) is 3.38. The number of nitrogens with two attached hydrogens (primary N) is 1. The molecule has 0 aromatic heterocycles. The van der Waals surface area contributed by atoms with Crippen molar-refractivity contribution in [3.05, 3.63) is 27.2 Å². The molecule has 0 aliphatic rings. The minimum atomic E-state index is 0.637. The summed E-state index contributed by atoms with van der Waals surface area (Å²) < 4.78 is 6.50. The minimum Gasteiger partial charge on any atom is -0.496 e. The molecule has 1 aromatic carbocycles. The Hall–Kier alpha value is -0.540. The van der Waals surface area contributed by atoms with E-state index in [1.165, 1.54) is 11.1 Å². The monoisotopic (exact) mass is 257 g/mol. The van der Waals surface area contributed by atoms with E-state index in [1.807, 2.05) is 0 Å². The van der Waals surface area contributed by atoms with Gasteiger partial charge in [-0.15, -0.1) is 0 Å². The van der Waals surface area contributed by atoms with Crippen molar-refractivity contribution in [2.75, 3.05) is 13.7 Å². The molecule has 0 unspecified atom stereocenters. The summed E-state index contributed by atoms with van der Waals surface area (Å²) in [6, 6.07) is 2.11. The number of benzene rings is 1. The van der Waals surface area contributed by atoms with Gasteiger partial charge in [0.1, 0.15) is 5.75 Å². The Balaban J connectivity index is 3.32. The average molecular weight is 258 g/mol. The fourth-order valence-corrected chi connectivity index (χ4v) is 2.17. The zero-order valence-electron chi connectivity index (χ0n) is 8.86. The summed E-state index contributed by atoms with van der Waals surface area (Å²) in [7, 11) is 1.70. The predicted octanol–water partition coefficient (Wildman–Crippen LogP) is 2.58. The highest BCUT2D eigenvalue weighted by molar-refractivity contribution is 9.10. The fraction of sp³-hybridized carbons (Fsp3) is 0.455. The molecule has 0 aliphatic heterocycles. The molecule has 1 aromatic rings. The lowest BCUT2D eigenvalue weighted by Crippen LogP contribution is -2.06. The van der Waals surface area contributed by atoms with Gasteiger partial charge in [0.25, 0.3) is 0 Å². The molecule has 0 radical (unpaired) electrons. The van der Waals surface area contributed by atoms with E-state index in [0.717, 1.165) is 22.2 Å². The molecule has 0 fully saturated rings. The molecule has 0 aliphatic carbocycles. The third-order valence-electron chi connectivity index (χ3n) is 2.27. The molecule has 0 saturated heterocycles. The van der Waals surface area contributed by atoms with Crippen molar-refractivity contribution in [3.63, 3.8) is 0 Å². The maximum Gasteiger partial charge on any atom is 0.126 e. The van der Waals surface area contributed by atoms with Gasteiger partial charge in [-0.3, -0.25) is 0 Å². The van der Waals surface area contributed by atoms with Crippen molar-refractivity contribution in [1.29, 1.82) is 0 Å². The highest BCUT2D eigenvalue weighted by Crippen LogP contribution is 2.33. The zero-order valence-corrected chi connectivity index (χ0v) is 10.4. The first-order valence-corrected chi connectivity index (χ1v) is 5.43. The maximum absolute atomic E-state index is 5.58. The van der Waals surface area contributed by atoms with Crippen LogP contribution < -0.4 is 10.5 Å². The summed E-state index contributed by atoms with van der Waals surface area (Å²) in [5, 5.41) is 0. The van der Waals surface area contributed by atoms with Crippen LogP contribution in [-0.2, 0) is 6.42 Å². The average Bonchev–Trinajstić information content (AvgIpc) is 2.14. The summed E-state index contributed by atoms with van der Waals surface area (Å²) in [5.74, 6) is 0.952. The highest BCUT2D eigenvalue weighted by atomic mass is 79.9. The Labute approximate surface area is 93.6 Å². The Morgan fingerprint density at radius 1 is 1.36 bits per heavy atom. The van der Waals surface area contributed by atoms with E-state index in [4.69, 9.17) is 10.5 Å². The number of hydrogen-bond donors (Lipinski definition) is 1. The number of aryl methyl sites for hydroxylation is 2. The first kappa shape index (κ1) is 11.5. The van der Waals surface area contributed by atoms with Crippen molar-refractivity contribution in [2.45, 2.75) is 20.3 Å². The van der Waals surface area contributed by atoms with E-state index in [-0.39, 0.29) is 0 Å². The summed E-state index contributed by atoms with van der Waals surface area (Å²) >= 11 is 3.57. The van der Waals surface area contributed by atoms with Crippen LogP contribution in [0, 0.1) is 13.8 Å². The summed E-state index contributed by atoms with van der Waals surface area (Å²) in [4.78, 5) is 0. The minimum absolute atomic E-state index is 0.637. The molecule has 14 heavy (non-hydrogen) atoms. The molecule has 3 heteroatoms. The van der Waals surface area contributed by atoms with E-state index in [2.05, 4.69) is 35.8 Å². The molecular weight excluding hydrogens is 242 g/mol. The van der Waals surface area contributed by atoms with Crippen molar-refractivity contribution in [3.8, 4) is 5.75 Å². The van der Waals surface area contributed by atoms with Gasteiger partial charge in [0.15, 0.2) is 0 Å². The standard InChI is InChI=1S/C11H16BrNO/c1-7-6-8(2)11(14-3)9(4-5-13)10(7)12/h6H,4-5,13H2,1-3H3. The van der Waals surface area contributed by atoms with Gasteiger partial charge >= 0.3 is 0 Å². The number of halogens is 1. The van der Waals surface area contributed by atoms with Gasteiger partial charge in [0.2, 0.25) is 0 Å². The Morgan fingerprint density at radius 3 is 2.50 bits per heavy atom. The number of methoxy groups -OCH3 is 1. The lowest BCUT2D eigenvalue weighted by atomic mass is 10.0. The smallest absolute Gasteiger partial charge is 0.126 e. The first-order valence-electron chi connectivity index (χ1n) is 4.64. The fourth-order valence-electron chi connectivity index (χ4n) is 1.68. The highest BCUT2D eigenvalue weighted by Gasteiger charge is 2.12.